The first kappa shape index (κ1) is 13.5. The van der Waals surface area contributed by atoms with Gasteiger partial charge >= 0.3 is 0 Å². The van der Waals surface area contributed by atoms with E-state index in [2.05, 4.69) is 10.3 Å². The molecule has 2 aliphatic rings. The largest absolute Gasteiger partial charge is 0.344 e. The van der Waals surface area contributed by atoms with Gasteiger partial charge in [0, 0.05) is 19.4 Å². The highest BCUT2D eigenvalue weighted by atomic mass is 16.2. The molecule has 0 aliphatic carbocycles. The van der Waals surface area contributed by atoms with Gasteiger partial charge in [0.1, 0.15) is 24.2 Å². The summed E-state index contributed by atoms with van der Waals surface area (Å²) in [6.07, 6.45) is 5.99. The number of nitrogens with one attached hydrogen (secondary N) is 1. The van der Waals surface area contributed by atoms with Gasteiger partial charge in [-0.3, -0.25) is 19.5 Å². The van der Waals surface area contributed by atoms with Crippen LogP contribution in [-0.4, -0.2) is 47.5 Å². The molecule has 0 aromatic carbocycles. The number of hydrogen-bond donors (Lipinski definition) is 1. The fourth-order valence-corrected chi connectivity index (χ4v) is 2.18. The van der Waals surface area contributed by atoms with Gasteiger partial charge in [-0.2, -0.15) is 0 Å². The molecule has 0 radical (unpaired) electrons. The van der Waals surface area contributed by atoms with Crippen molar-refractivity contribution in [1.82, 2.24) is 10.2 Å². The topological polar surface area (TPSA) is 78.8 Å². The van der Waals surface area contributed by atoms with Crippen molar-refractivity contribution in [3.05, 3.63) is 12.2 Å². The Morgan fingerprint density at radius 1 is 1.58 bits per heavy atom. The Bertz CT molecular complexity index is 456. The molecular formula is C13H17N3O3. The minimum Gasteiger partial charge on any atom is -0.344 e. The first-order valence-corrected chi connectivity index (χ1v) is 6.39. The fraction of sp³-hybridized carbons (Fsp3) is 0.538. The van der Waals surface area contributed by atoms with Gasteiger partial charge < -0.3 is 10.1 Å². The molecular weight excluding hydrogens is 246 g/mol. The lowest BCUT2D eigenvalue weighted by Crippen LogP contribution is -2.48. The smallest absolute Gasteiger partial charge is 0.250 e. The molecule has 1 N–H and O–H groups in total. The first-order chi connectivity index (χ1) is 9.11. The average molecular weight is 263 g/mol. The first-order valence-electron chi connectivity index (χ1n) is 6.39. The van der Waals surface area contributed by atoms with Gasteiger partial charge in [0.15, 0.2) is 0 Å². The van der Waals surface area contributed by atoms with Gasteiger partial charge in [0.2, 0.25) is 5.91 Å². The summed E-state index contributed by atoms with van der Waals surface area (Å²) < 4.78 is 0. The van der Waals surface area contributed by atoms with Crippen LogP contribution in [0.3, 0.4) is 0 Å². The van der Waals surface area contributed by atoms with Crippen molar-refractivity contribution in [2.24, 2.45) is 4.99 Å². The molecule has 0 aromatic rings. The zero-order valence-electron chi connectivity index (χ0n) is 10.8. The predicted molar refractivity (Wildman–Crippen MR) is 69.6 cm³/mol. The van der Waals surface area contributed by atoms with E-state index in [1.54, 1.807) is 11.8 Å². The number of carbonyl (C=O) groups excluding carboxylic acids is 3. The fourth-order valence-electron chi connectivity index (χ4n) is 2.18. The van der Waals surface area contributed by atoms with Crippen molar-refractivity contribution in [3.63, 3.8) is 0 Å². The van der Waals surface area contributed by atoms with Crippen LogP contribution in [-0.2, 0) is 14.4 Å². The standard InChI is InChI=1S/C13H17N3O3/c1-9(8-17)14-11-4-2-3-7-16(11)13(19)10-5-6-12(18)15-10/h2-3,8-10H,4-7H2,1H3,(H,15,18)/t9-,10-/m0/s1. The van der Waals surface area contributed by atoms with E-state index in [-0.39, 0.29) is 11.8 Å². The zero-order chi connectivity index (χ0) is 13.8. The van der Waals surface area contributed by atoms with Crippen LogP contribution >= 0.6 is 0 Å². The van der Waals surface area contributed by atoms with Crippen LogP contribution < -0.4 is 5.32 Å². The lowest BCUT2D eigenvalue weighted by Gasteiger charge is -2.28. The van der Waals surface area contributed by atoms with E-state index in [0.717, 1.165) is 6.29 Å². The molecule has 0 saturated carbocycles. The Morgan fingerprint density at radius 3 is 3.00 bits per heavy atom. The third kappa shape index (κ3) is 3.07. The molecule has 6 heteroatoms. The highest BCUT2D eigenvalue weighted by Crippen LogP contribution is 2.14. The molecule has 2 rings (SSSR count). The monoisotopic (exact) mass is 263 g/mol. The Balaban J connectivity index is 2.13. The van der Waals surface area contributed by atoms with Gasteiger partial charge in [-0.25, -0.2) is 0 Å². The molecule has 6 nitrogen and oxygen atoms in total. The average Bonchev–Trinajstić information content (AvgIpc) is 2.85. The maximum atomic E-state index is 12.3. The van der Waals surface area contributed by atoms with E-state index in [0.29, 0.717) is 31.6 Å². The molecule has 102 valence electrons. The van der Waals surface area contributed by atoms with Crippen molar-refractivity contribution < 1.29 is 14.4 Å². The van der Waals surface area contributed by atoms with Crippen LogP contribution in [0.15, 0.2) is 17.1 Å². The molecule has 19 heavy (non-hydrogen) atoms. The second kappa shape index (κ2) is 5.77. The lowest BCUT2D eigenvalue weighted by atomic mass is 10.1. The molecule has 1 saturated heterocycles. The van der Waals surface area contributed by atoms with E-state index in [1.165, 1.54) is 0 Å². The maximum Gasteiger partial charge on any atom is 0.250 e. The molecule has 1 fully saturated rings. The number of aldehydes is 1. The number of carbonyl (C=O) groups is 3. The molecule has 2 amide bonds. The van der Waals surface area contributed by atoms with Crippen molar-refractivity contribution in [3.8, 4) is 0 Å². The summed E-state index contributed by atoms with van der Waals surface area (Å²) in [7, 11) is 0. The number of amides is 2. The number of hydrogen-bond acceptors (Lipinski definition) is 4. The van der Waals surface area contributed by atoms with Crippen LogP contribution in [0.1, 0.15) is 26.2 Å². The Kier molecular flexibility index (Phi) is 4.09. The third-order valence-corrected chi connectivity index (χ3v) is 3.18. The lowest BCUT2D eigenvalue weighted by molar-refractivity contribution is -0.130. The van der Waals surface area contributed by atoms with Crippen molar-refractivity contribution >= 4 is 23.9 Å². The summed E-state index contributed by atoms with van der Waals surface area (Å²) in [5.74, 6) is 0.353. The van der Waals surface area contributed by atoms with Crippen LogP contribution in [0.4, 0.5) is 0 Å². The van der Waals surface area contributed by atoms with Gasteiger partial charge in [0.05, 0.1) is 0 Å². The molecule has 0 unspecified atom stereocenters. The Labute approximate surface area is 111 Å². The van der Waals surface area contributed by atoms with Crippen molar-refractivity contribution in [1.29, 1.82) is 0 Å². The second-order valence-corrected chi connectivity index (χ2v) is 4.71. The SMILES string of the molecule is C[C@@H](C=O)N=C1CC=CCN1C(=O)[C@@H]1CCC(=O)N1. The molecule has 0 bridgehead atoms. The van der Waals surface area contributed by atoms with E-state index in [4.69, 9.17) is 0 Å². The normalized spacial score (nSPS) is 26.4. The van der Waals surface area contributed by atoms with Gasteiger partial charge in [-0.1, -0.05) is 12.2 Å². The van der Waals surface area contributed by atoms with Crippen LogP contribution in [0.2, 0.25) is 0 Å². The van der Waals surface area contributed by atoms with Crippen LogP contribution in [0, 0.1) is 0 Å². The third-order valence-electron chi connectivity index (χ3n) is 3.18. The summed E-state index contributed by atoms with van der Waals surface area (Å²) in [6, 6.07) is -0.925. The highest BCUT2D eigenvalue weighted by Gasteiger charge is 2.32. The molecule has 2 heterocycles. The van der Waals surface area contributed by atoms with Gasteiger partial charge in [-0.05, 0) is 13.3 Å². The quantitative estimate of drug-likeness (QED) is 0.576. The minimum atomic E-state index is -0.463. The minimum absolute atomic E-state index is 0.0920. The number of rotatable bonds is 3. The summed E-state index contributed by atoms with van der Waals surface area (Å²) in [6.45, 7) is 2.12. The molecule has 0 aromatic heterocycles. The maximum absolute atomic E-state index is 12.3. The van der Waals surface area contributed by atoms with Gasteiger partial charge in [-0.15, -0.1) is 0 Å². The molecule has 2 atom stereocenters. The Morgan fingerprint density at radius 2 is 2.37 bits per heavy atom. The summed E-state index contributed by atoms with van der Waals surface area (Å²) in [5, 5.41) is 2.66. The van der Waals surface area contributed by atoms with E-state index in [1.807, 2.05) is 12.2 Å². The second-order valence-electron chi connectivity index (χ2n) is 4.71. The van der Waals surface area contributed by atoms with E-state index >= 15 is 0 Å². The van der Waals surface area contributed by atoms with E-state index < -0.39 is 12.1 Å². The molecule has 0 spiro atoms. The molecule has 2 aliphatic heterocycles. The summed E-state index contributed by atoms with van der Waals surface area (Å²) in [5.41, 5.74) is 0. The summed E-state index contributed by atoms with van der Waals surface area (Å²) >= 11 is 0. The van der Waals surface area contributed by atoms with Crippen molar-refractivity contribution in [2.75, 3.05) is 6.54 Å². The van der Waals surface area contributed by atoms with E-state index in [9.17, 15) is 14.4 Å². The number of aliphatic imine (C=N–C) groups is 1. The van der Waals surface area contributed by atoms with Crippen LogP contribution in [0.5, 0.6) is 0 Å². The highest BCUT2D eigenvalue weighted by molar-refractivity contribution is 6.03. The summed E-state index contributed by atoms with van der Waals surface area (Å²) in [4.78, 5) is 40.0. The number of amidine groups is 1. The number of nitrogens with zero attached hydrogens (tertiary/aromatic N) is 2. The Hall–Kier alpha value is -1.98. The van der Waals surface area contributed by atoms with Crippen LogP contribution in [0.25, 0.3) is 0 Å². The zero-order valence-corrected chi connectivity index (χ0v) is 10.8. The van der Waals surface area contributed by atoms with Gasteiger partial charge in [0.25, 0.3) is 5.91 Å². The predicted octanol–water partition coefficient (Wildman–Crippen LogP) is 0.0394. The van der Waals surface area contributed by atoms with Crippen molar-refractivity contribution in [2.45, 2.75) is 38.3 Å².